The number of hydrogen-bond acceptors (Lipinski definition) is 8. The molecule has 0 bridgehead atoms. The maximum Gasteiger partial charge on any atom is 0.282 e. The largest absolute Gasteiger partial charge is 0.508 e. The van der Waals surface area contributed by atoms with Crippen molar-refractivity contribution in [1.82, 2.24) is 28.1 Å². The normalized spacial score (nSPS) is 18.1. The Labute approximate surface area is 203 Å². The van der Waals surface area contributed by atoms with Crippen molar-refractivity contribution in [3.05, 3.63) is 36.5 Å². The Bertz CT molecular complexity index is 1300. The van der Waals surface area contributed by atoms with Crippen molar-refractivity contribution in [1.29, 1.82) is 0 Å². The standard InChI is InChI=1S/C22H27N7O3S2/c1-2-27-10-4-11-28(34(27,31)32)12-9-24-21-23-8-7-18(25-21)20-19(16-5-3-6-17(30)15-16)26-22-29(20)13-14-33-22/h3,5-8,15,30H,2,4,9-14H2,1H3,(H,23,24,25). The van der Waals surface area contributed by atoms with Gasteiger partial charge in [-0.25, -0.2) is 15.0 Å². The molecule has 180 valence electrons. The highest BCUT2D eigenvalue weighted by molar-refractivity contribution is 7.99. The number of aromatic nitrogens is 4. The van der Waals surface area contributed by atoms with Gasteiger partial charge in [0.15, 0.2) is 5.16 Å². The van der Waals surface area contributed by atoms with Gasteiger partial charge in [-0.1, -0.05) is 30.8 Å². The predicted octanol–water partition coefficient (Wildman–Crippen LogP) is 2.50. The molecule has 0 amide bonds. The summed E-state index contributed by atoms with van der Waals surface area (Å²) < 4.78 is 30.5. The number of fused-ring (bicyclic) bond motifs is 1. The lowest BCUT2D eigenvalue weighted by Gasteiger charge is -2.33. The van der Waals surface area contributed by atoms with E-state index in [1.807, 2.05) is 19.1 Å². The Balaban J connectivity index is 1.37. The van der Waals surface area contributed by atoms with Gasteiger partial charge in [0.1, 0.15) is 5.75 Å². The molecule has 3 aromatic rings. The number of phenols is 1. The van der Waals surface area contributed by atoms with Crippen LogP contribution in [-0.4, -0.2) is 80.1 Å². The molecule has 1 saturated heterocycles. The minimum atomic E-state index is -3.41. The van der Waals surface area contributed by atoms with E-state index in [0.29, 0.717) is 38.7 Å². The summed E-state index contributed by atoms with van der Waals surface area (Å²) in [6.45, 7) is 5.01. The second-order valence-electron chi connectivity index (χ2n) is 8.09. The van der Waals surface area contributed by atoms with Crippen molar-refractivity contribution in [2.75, 3.05) is 43.8 Å². The monoisotopic (exact) mass is 501 g/mol. The second-order valence-corrected chi connectivity index (χ2v) is 11.1. The molecule has 0 unspecified atom stereocenters. The van der Waals surface area contributed by atoms with Gasteiger partial charge in [0, 0.05) is 56.8 Å². The van der Waals surface area contributed by atoms with E-state index >= 15 is 0 Å². The Hall–Kier alpha value is -2.67. The molecule has 12 heteroatoms. The highest BCUT2D eigenvalue weighted by Gasteiger charge is 2.32. The maximum absolute atomic E-state index is 12.7. The number of imidazole rings is 1. The Morgan fingerprint density at radius 1 is 1.15 bits per heavy atom. The van der Waals surface area contributed by atoms with E-state index in [1.54, 1.807) is 36.2 Å². The predicted molar refractivity (Wildman–Crippen MR) is 132 cm³/mol. The number of phenolic OH excluding ortho intramolecular Hbond substituents is 1. The van der Waals surface area contributed by atoms with Gasteiger partial charge in [-0.3, -0.25) is 0 Å². The molecule has 1 fully saturated rings. The summed E-state index contributed by atoms with van der Waals surface area (Å²) in [7, 11) is -3.41. The summed E-state index contributed by atoms with van der Waals surface area (Å²) in [4.78, 5) is 13.9. The molecule has 10 nitrogen and oxygen atoms in total. The Kier molecular flexibility index (Phi) is 6.47. The van der Waals surface area contributed by atoms with Crippen LogP contribution in [0.25, 0.3) is 22.6 Å². The van der Waals surface area contributed by atoms with Gasteiger partial charge in [-0.15, -0.1) is 0 Å². The number of aromatic hydroxyl groups is 1. The van der Waals surface area contributed by atoms with E-state index in [1.165, 1.54) is 8.61 Å². The number of nitrogens with one attached hydrogen (secondary N) is 1. The minimum absolute atomic E-state index is 0.184. The molecule has 4 heterocycles. The molecule has 0 atom stereocenters. The first kappa shape index (κ1) is 23.1. The maximum atomic E-state index is 12.7. The van der Waals surface area contributed by atoms with Gasteiger partial charge in [-0.05, 0) is 24.6 Å². The summed E-state index contributed by atoms with van der Waals surface area (Å²) in [6, 6.07) is 8.90. The van der Waals surface area contributed by atoms with Gasteiger partial charge < -0.3 is 15.0 Å². The highest BCUT2D eigenvalue weighted by atomic mass is 32.2. The van der Waals surface area contributed by atoms with E-state index in [4.69, 9.17) is 9.97 Å². The second kappa shape index (κ2) is 9.53. The quantitative estimate of drug-likeness (QED) is 0.507. The summed E-state index contributed by atoms with van der Waals surface area (Å²) >= 11 is 1.70. The average Bonchev–Trinajstić information content (AvgIpc) is 3.41. The molecule has 0 saturated carbocycles. The minimum Gasteiger partial charge on any atom is -0.508 e. The van der Waals surface area contributed by atoms with Crippen molar-refractivity contribution in [2.45, 2.75) is 25.0 Å². The Morgan fingerprint density at radius 3 is 2.82 bits per heavy atom. The van der Waals surface area contributed by atoms with Crippen LogP contribution in [-0.2, 0) is 16.8 Å². The summed E-state index contributed by atoms with van der Waals surface area (Å²) in [5.41, 5.74) is 3.19. The van der Waals surface area contributed by atoms with Crippen LogP contribution in [0, 0.1) is 0 Å². The molecule has 0 radical (unpaired) electrons. The summed E-state index contributed by atoms with van der Waals surface area (Å²) in [5, 5.41) is 14.1. The lowest BCUT2D eigenvalue weighted by molar-refractivity contribution is 0.295. The van der Waals surface area contributed by atoms with Crippen LogP contribution in [0.5, 0.6) is 5.75 Å². The summed E-state index contributed by atoms with van der Waals surface area (Å²) in [5.74, 6) is 1.57. The molecule has 0 aliphatic carbocycles. The number of thioether (sulfide) groups is 1. The van der Waals surface area contributed by atoms with Crippen molar-refractivity contribution in [2.24, 2.45) is 0 Å². The van der Waals surface area contributed by atoms with Gasteiger partial charge in [0.25, 0.3) is 10.2 Å². The SMILES string of the molecule is CCN1CCCN(CCNc2nccc(-c3c(-c4cccc(O)c4)nc4n3CCS4)n2)S1(=O)=O. The molecule has 5 rings (SSSR count). The zero-order valence-electron chi connectivity index (χ0n) is 18.9. The molecule has 2 aromatic heterocycles. The van der Waals surface area contributed by atoms with Crippen LogP contribution >= 0.6 is 11.8 Å². The fourth-order valence-electron chi connectivity index (χ4n) is 4.33. The molecular formula is C22H27N7O3S2. The number of benzene rings is 1. The topological polar surface area (TPSA) is 116 Å². The van der Waals surface area contributed by atoms with Gasteiger partial charge in [0.2, 0.25) is 5.95 Å². The number of hydrogen-bond donors (Lipinski definition) is 2. The molecule has 0 spiro atoms. The van der Waals surface area contributed by atoms with E-state index in [0.717, 1.165) is 46.5 Å². The third-order valence-corrected chi connectivity index (χ3v) is 9.03. The van der Waals surface area contributed by atoms with E-state index in [2.05, 4.69) is 14.9 Å². The molecule has 2 aliphatic rings. The third kappa shape index (κ3) is 4.38. The first-order valence-corrected chi connectivity index (χ1v) is 13.7. The third-order valence-electron chi connectivity index (χ3n) is 5.96. The van der Waals surface area contributed by atoms with Crippen molar-refractivity contribution >= 4 is 27.9 Å². The van der Waals surface area contributed by atoms with Crippen LogP contribution in [0.4, 0.5) is 5.95 Å². The molecule has 2 N–H and O–H groups in total. The lowest BCUT2D eigenvalue weighted by Crippen LogP contribution is -2.50. The first-order chi connectivity index (χ1) is 16.5. The Morgan fingerprint density at radius 2 is 2.00 bits per heavy atom. The summed E-state index contributed by atoms with van der Waals surface area (Å²) in [6.07, 6.45) is 2.51. The van der Waals surface area contributed by atoms with Gasteiger partial charge in [0.05, 0.1) is 17.1 Å². The van der Waals surface area contributed by atoms with Gasteiger partial charge in [-0.2, -0.15) is 17.0 Å². The van der Waals surface area contributed by atoms with Crippen molar-refractivity contribution in [3.8, 4) is 28.4 Å². The van der Waals surface area contributed by atoms with Gasteiger partial charge >= 0.3 is 0 Å². The number of nitrogens with zero attached hydrogens (tertiary/aromatic N) is 6. The fraction of sp³-hybridized carbons (Fsp3) is 0.409. The van der Waals surface area contributed by atoms with E-state index < -0.39 is 10.2 Å². The van der Waals surface area contributed by atoms with E-state index in [-0.39, 0.29) is 5.75 Å². The van der Waals surface area contributed by atoms with Crippen molar-refractivity contribution in [3.63, 3.8) is 0 Å². The van der Waals surface area contributed by atoms with E-state index in [9.17, 15) is 13.5 Å². The van der Waals surface area contributed by atoms with Crippen LogP contribution in [0.2, 0.25) is 0 Å². The smallest absolute Gasteiger partial charge is 0.282 e. The van der Waals surface area contributed by atoms with Crippen LogP contribution in [0.15, 0.2) is 41.7 Å². The highest BCUT2D eigenvalue weighted by Crippen LogP contribution is 2.39. The molecule has 1 aromatic carbocycles. The zero-order chi connectivity index (χ0) is 23.7. The number of rotatable bonds is 7. The zero-order valence-corrected chi connectivity index (χ0v) is 20.5. The van der Waals surface area contributed by atoms with Crippen LogP contribution < -0.4 is 5.32 Å². The molecule has 34 heavy (non-hydrogen) atoms. The van der Waals surface area contributed by atoms with Crippen LogP contribution in [0.3, 0.4) is 0 Å². The lowest BCUT2D eigenvalue weighted by atomic mass is 10.1. The van der Waals surface area contributed by atoms with Crippen LogP contribution in [0.1, 0.15) is 13.3 Å². The first-order valence-electron chi connectivity index (χ1n) is 11.3. The molecular weight excluding hydrogens is 474 g/mol. The number of anilines is 1. The fourth-order valence-corrected chi connectivity index (χ4v) is 6.97. The van der Waals surface area contributed by atoms with Crippen molar-refractivity contribution < 1.29 is 13.5 Å². The average molecular weight is 502 g/mol. The molecule has 2 aliphatic heterocycles.